The van der Waals surface area contributed by atoms with Gasteiger partial charge in [-0.25, -0.2) is 13.6 Å². The molecule has 3 heterocycles. The molecule has 0 bridgehead atoms. The predicted molar refractivity (Wildman–Crippen MR) is 122 cm³/mol. The van der Waals surface area contributed by atoms with Gasteiger partial charge < -0.3 is 9.84 Å². The van der Waals surface area contributed by atoms with Gasteiger partial charge in [-0.2, -0.15) is 0 Å². The van der Waals surface area contributed by atoms with Gasteiger partial charge in [-0.05, 0) is 59.7 Å². The van der Waals surface area contributed by atoms with Gasteiger partial charge in [0.25, 0.3) is 11.7 Å². The summed E-state index contributed by atoms with van der Waals surface area (Å²) >= 11 is 0. The van der Waals surface area contributed by atoms with Crippen LogP contribution in [0.3, 0.4) is 0 Å². The predicted octanol–water partition coefficient (Wildman–Crippen LogP) is 2.29. The molecule has 0 aliphatic carbocycles. The average Bonchev–Trinajstić information content (AvgIpc) is 3.41. The van der Waals surface area contributed by atoms with Crippen LogP contribution >= 0.6 is 0 Å². The Labute approximate surface area is 195 Å². The molecule has 34 heavy (non-hydrogen) atoms. The largest absolute Gasteiger partial charge is 0.507 e. The summed E-state index contributed by atoms with van der Waals surface area (Å²) in [7, 11) is -3.94. The number of hydrogen-bond acceptors (Lipinski definition) is 7. The third-order valence-electron chi connectivity index (χ3n) is 5.85. The number of carbonyl (C=O) groups excluding carboxylic acids is 2. The number of ketones is 1. The zero-order valence-corrected chi connectivity index (χ0v) is 18.5. The van der Waals surface area contributed by atoms with Gasteiger partial charge in [0.15, 0.2) is 0 Å². The first-order chi connectivity index (χ1) is 16.3. The van der Waals surface area contributed by atoms with E-state index in [1.807, 2.05) is 0 Å². The van der Waals surface area contributed by atoms with E-state index < -0.39 is 27.8 Å². The van der Waals surface area contributed by atoms with Gasteiger partial charge >= 0.3 is 0 Å². The van der Waals surface area contributed by atoms with Crippen LogP contribution in [0.25, 0.3) is 5.76 Å². The van der Waals surface area contributed by atoms with Crippen molar-refractivity contribution in [3.63, 3.8) is 0 Å². The van der Waals surface area contributed by atoms with Crippen LogP contribution in [-0.4, -0.2) is 36.8 Å². The van der Waals surface area contributed by atoms with Gasteiger partial charge in [0, 0.05) is 30.1 Å². The van der Waals surface area contributed by atoms with E-state index in [2.05, 4.69) is 4.98 Å². The topological polar surface area (TPSA) is 140 Å². The van der Waals surface area contributed by atoms with Crippen LogP contribution in [0, 0.1) is 0 Å². The molecule has 0 spiro atoms. The fraction of sp³-hybridized carbons (Fsp3) is 0.125. The lowest BCUT2D eigenvalue weighted by atomic mass is 9.95. The van der Waals surface area contributed by atoms with Crippen molar-refractivity contribution in [3.05, 3.63) is 89.3 Å². The Kier molecular flexibility index (Phi) is 5.18. The average molecular weight is 477 g/mol. The number of carbonyl (C=O) groups is 2. The summed E-state index contributed by atoms with van der Waals surface area (Å²) in [6.07, 6.45) is 3.73. The smallest absolute Gasteiger partial charge is 0.300 e. The molecule has 3 N–H and O–H groups in total. The monoisotopic (exact) mass is 477 g/mol. The molecule has 2 aliphatic heterocycles. The summed E-state index contributed by atoms with van der Waals surface area (Å²) in [6, 6.07) is 12.8. The van der Waals surface area contributed by atoms with Crippen molar-refractivity contribution in [1.29, 1.82) is 0 Å². The van der Waals surface area contributed by atoms with Crippen LogP contribution in [0.2, 0.25) is 0 Å². The molecule has 5 rings (SSSR count). The number of anilines is 1. The lowest BCUT2D eigenvalue weighted by Gasteiger charge is -2.25. The molecule has 1 fully saturated rings. The van der Waals surface area contributed by atoms with E-state index in [9.17, 15) is 23.1 Å². The Morgan fingerprint density at radius 2 is 1.88 bits per heavy atom. The van der Waals surface area contributed by atoms with Crippen molar-refractivity contribution in [2.24, 2.45) is 5.14 Å². The Bertz CT molecular complexity index is 1450. The normalized spacial score (nSPS) is 19.2. The van der Waals surface area contributed by atoms with E-state index in [0.29, 0.717) is 24.2 Å². The van der Waals surface area contributed by atoms with E-state index in [1.54, 1.807) is 36.5 Å². The standard InChI is InChI=1S/C24H19N3O6S/c25-34(31,32)18-6-4-17(5-7-18)27-21(16-2-1-10-26-13-16)20(23(29)24(27)30)22(28)15-3-8-19-14(12-15)9-11-33-19/h1-8,10,12-13,21,28H,9,11H2,(H2,25,31,32)/b22-20-. The molecule has 2 aromatic carbocycles. The Hall–Kier alpha value is -4.02. The summed E-state index contributed by atoms with van der Waals surface area (Å²) in [5.41, 5.74) is 1.97. The highest BCUT2D eigenvalue weighted by Crippen LogP contribution is 2.42. The van der Waals surface area contributed by atoms with Crippen LogP contribution in [-0.2, 0) is 26.0 Å². The number of aliphatic hydroxyl groups is 1. The van der Waals surface area contributed by atoms with Gasteiger partial charge in [-0.15, -0.1) is 0 Å². The van der Waals surface area contributed by atoms with E-state index in [1.165, 1.54) is 35.4 Å². The van der Waals surface area contributed by atoms with Crippen molar-refractivity contribution in [3.8, 4) is 5.75 Å². The first-order valence-corrected chi connectivity index (χ1v) is 11.9. The van der Waals surface area contributed by atoms with Crippen molar-refractivity contribution in [2.75, 3.05) is 11.5 Å². The highest BCUT2D eigenvalue weighted by Gasteiger charge is 2.47. The lowest BCUT2D eigenvalue weighted by Crippen LogP contribution is -2.29. The number of Topliss-reactive ketones (excluding diaryl/α,β-unsaturated/α-hetero) is 1. The molecule has 0 saturated carbocycles. The Morgan fingerprint density at radius 1 is 1.12 bits per heavy atom. The number of aliphatic hydroxyl groups excluding tert-OH is 1. The number of sulfonamides is 1. The Morgan fingerprint density at radius 3 is 2.56 bits per heavy atom. The number of hydrogen-bond donors (Lipinski definition) is 2. The number of rotatable bonds is 4. The Balaban J connectivity index is 1.67. The number of pyridine rings is 1. The second-order valence-corrected chi connectivity index (χ2v) is 9.48. The number of benzene rings is 2. The van der Waals surface area contributed by atoms with Crippen molar-refractivity contribution in [2.45, 2.75) is 17.4 Å². The zero-order chi connectivity index (χ0) is 24.0. The molecule has 10 heteroatoms. The van der Waals surface area contributed by atoms with Gasteiger partial charge in [-0.1, -0.05) is 6.07 Å². The number of fused-ring (bicyclic) bond motifs is 1. The van der Waals surface area contributed by atoms with Crippen LogP contribution in [0.4, 0.5) is 5.69 Å². The van der Waals surface area contributed by atoms with Crippen LogP contribution in [0.5, 0.6) is 5.75 Å². The molecule has 9 nitrogen and oxygen atoms in total. The first-order valence-electron chi connectivity index (χ1n) is 10.4. The number of ether oxygens (including phenoxy) is 1. The van der Waals surface area contributed by atoms with E-state index in [4.69, 9.17) is 9.88 Å². The maximum atomic E-state index is 13.2. The maximum Gasteiger partial charge on any atom is 0.300 e. The second-order valence-electron chi connectivity index (χ2n) is 7.92. The number of nitrogens with zero attached hydrogens (tertiary/aromatic N) is 2. The molecule has 2 aliphatic rings. The van der Waals surface area contributed by atoms with E-state index in [-0.39, 0.29) is 21.9 Å². The number of amides is 1. The molecule has 0 radical (unpaired) electrons. The quantitative estimate of drug-likeness (QED) is 0.334. The van der Waals surface area contributed by atoms with Crippen molar-refractivity contribution in [1.82, 2.24) is 4.98 Å². The SMILES string of the molecule is NS(=O)(=O)c1ccc(N2C(=O)C(=O)/C(=C(\O)c3ccc4c(c3)CCO4)C2c2cccnc2)cc1. The second kappa shape index (κ2) is 8.08. The van der Waals surface area contributed by atoms with Gasteiger partial charge in [0.1, 0.15) is 11.5 Å². The lowest BCUT2D eigenvalue weighted by molar-refractivity contribution is -0.132. The summed E-state index contributed by atoms with van der Waals surface area (Å²) < 4.78 is 28.8. The zero-order valence-electron chi connectivity index (χ0n) is 17.7. The molecular weight excluding hydrogens is 458 g/mol. The summed E-state index contributed by atoms with van der Waals surface area (Å²) in [5, 5.41) is 16.4. The fourth-order valence-corrected chi connectivity index (χ4v) is 4.75. The summed E-state index contributed by atoms with van der Waals surface area (Å²) in [5.74, 6) is -1.32. The minimum Gasteiger partial charge on any atom is -0.507 e. The highest BCUT2D eigenvalue weighted by molar-refractivity contribution is 7.89. The summed E-state index contributed by atoms with van der Waals surface area (Å²) in [4.78, 5) is 31.5. The van der Waals surface area contributed by atoms with E-state index in [0.717, 1.165) is 11.3 Å². The van der Waals surface area contributed by atoms with Gasteiger partial charge in [-0.3, -0.25) is 19.5 Å². The minimum atomic E-state index is -3.94. The molecule has 1 saturated heterocycles. The van der Waals surface area contributed by atoms with Crippen LogP contribution < -0.4 is 14.8 Å². The molecule has 172 valence electrons. The maximum absolute atomic E-state index is 13.2. The highest BCUT2D eigenvalue weighted by atomic mass is 32.2. The molecule has 3 aromatic rings. The molecule has 1 unspecified atom stereocenters. The summed E-state index contributed by atoms with van der Waals surface area (Å²) in [6.45, 7) is 0.536. The number of primary sulfonamides is 1. The van der Waals surface area contributed by atoms with Gasteiger partial charge in [0.05, 0.1) is 23.1 Å². The van der Waals surface area contributed by atoms with Gasteiger partial charge in [0.2, 0.25) is 10.0 Å². The molecule has 1 aromatic heterocycles. The third-order valence-corrected chi connectivity index (χ3v) is 6.78. The van der Waals surface area contributed by atoms with E-state index >= 15 is 0 Å². The molecule has 1 atom stereocenters. The molecule has 1 amide bonds. The number of aromatic nitrogens is 1. The van der Waals surface area contributed by atoms with Crippen LogP contribution in [0.15, 0.2) is 77.5 Å². The first kappa shape index (κ1) is 21.8. The van der Waals surface area contributed by atoms with Crippen LogP contribution in [0.1, 0.15) is 22.7 Å². The third kappa shape index (κ3) is 3.62. The number of nitrogens with two attached hydrogens (primary N) is 1. The van der Waals surface area contributed by atoms with Crippen molar-refractivity contribution >= 4 is 33.2 Å². The molecular formula is C24H19N3O6S. The van der Waals surface area contributed by atoms with Crippen molar-refractivity contribution < 1.29 is 27.9 Å². The fourth-order valence-electron chi connectivity index (χ4n) is 4.24. The minimum absolute atomic E-state index is 0.0904.